The number of benzene rings is 1. The van der Waals surface area contributed by atoms with Crippen molar-refractivity contribution >= 4 is 0 Å². The summed E-state index contributed by atoms with van der Waals surface area (Å²) in [5.41, 5.74) is -2.96. The number of aryl methyl sites for hydroxylation is 2. The van der Waals surface area contributed by atoms with E-state index in [9.17, 15) is 26.3 Å². The van der Waals surface area contributed by atoms with E-state index in [-0.39, 0.29) is 5.75 Å². The molecule has 2 atom stereocenters. The second-order valence-electron chi connectivity index (χ2n) is 7.04. The first-order valence-electron chi connectivity index (χ1n) is 8.09. The lowest BCUT2D eigenvalue weighted by Gasteiger charge is -2.49. The highest BCUT2D eigenvalue weighted by molar-refractivity contribution is 5.53. The van der Waals surface area contributed by atoms with E-state index in [0.29, 0.717) is 22.3 Å². The van der Waals surface area contributed by atoms with E-state index < -0.39 is 35.4 Å². The van der Waals surface area contributed by atoms with Crippen molar-refractivity contribution in [2.75, 3.05) is 0 Å². The van der Waals surface area contributed by atoms with Gasteiger partial charge in [0, 0.05) is 11.5 Å². The van der Waals surface area contributed by atoms with Crippen molar-refractivity contribution in [3.63, 3.8) is 0 Å². The van der Waals surface area contributed by atoms with Crippen LogP contribution in [0.15, 0.2) is 35.4 Å². The molecule has 2 aliphatic rings. The molecular weight excluding hydrogens is 358 g/mol. The van der Waals surface area contributed by atoms with Crippen LogP contribution in [0, 0.1) is 19.8 Å². The summed E-state index contributed by atoms with van der Waals surface area (Å²) in [6, 6.07) is 2.23. The van der Waals surface area contributed by atoms with Crippen LogP contribution in [0.4, 0.5) is 26.3 Å². The van der Waals surface area contributed by atoms with Gasteiger partial charge in [-0.05, 0) is 56.5 Å². The number of rotatable bonds is 0. The molecule has 0 amide bonds. The molecule has 1 aliphatic heterocycles. The molecule has 0 spiro atoms. The molecule has 0 saturated heterocycles. The normalized spacial score (nSPS) is 24.8. The lowest BCUT2D eigenvalue weighted by molar-refractivity contribution is -0.323. The quantitative estimate of drug-likeness (QED) is 0.509. The summed E-state index contributed by atoms with van der Waals surface area (Å²) in [6.07, 6.45) is -10.0. The fourth-order valence-corrected chi connectivity index (χ4v) is 3.82. The molecule has 0 radical (unpaired) electrons. The topological polar surface area (TPSA) is 9.23 Å². The minimum atomic E-state index is -5.54. The van der Waals surface area contributed by atoms with E-state index in [4.69, 9.17) is 4.74 Å². The SMILES string of the molecule is CC1=CC2Oc3cc(C)c(C)cc3C(C(F)(F)F)(C(F)(F)F)C2C=C1C. The Labute approximate surface area is 147 Å². The van der Waals surface area contributed by atoms with Crippen LogP contribution < -0.4 is 4.74 Å². The summed E-state index contributed by atoms with van der Waals surface area (Å²) in [7, 11) is 0. The molecule has 1 heterocycles. The maximum absolute atomic E-state index is 14.2. The van der Waals surface area contributed by atoms with Gasteiger partial charge >= 0.3 is 12.4 Å². The van der Waals surface area contributed by atoms with E-state index in [1.165, 1.54) is 26.0 Å². The Bertz CT molecular complexity index is 799. The smallest absolute Gasteiger partial charge is 0.408 e. The van der Waals surface area contributed by atoms with Gasteiger partial charge < -0.3 is 4.74 Å². The molecule has 0 bridgehead atoms. The third kappa shape index (κ3) is 2.39. The van der Waals surface area contributed by atoms with E-state index in [0.717, 1.165) is 12.1 Å². The number of halogens is 6. The molecule has 1 aromatic carbocycles. The zero-order valence-electron chi connectivity index (χ0n) is 14.6. The molecule has 3 rings (SSSR count). The zero-order chi connectivity index (χ0) is 19.7. The van der Waals surface area contributed by atoms with E-state index >= 15 is 0 Å². The highest BCUT2D eigenvalue weighted by Crippen LogP contribution is 2.63. The minimum absolute atomic E-state index is 0.354. The largest absolute Gasteiger partial charge is 0.485 e. The van der Waals surface area contributed by atoms with E-state index in [1.807, 2.05) is 0 Å². The van der Waals surface area contributed by atoms with Gasteiger partial charge in [-0.1, -0.05) is 17.7 Å². The van der Waals surface area contributed by atoms with Crippen molar-refractivity contribution in [1.82, 2.24) is 0 Å². The monoisotopic (exact) mass is 376 g/mol. The molecule has 0 saturated carbocycles. The van der Waals surface area contributed by atoms with Crippen molar-refractivity contribution in [3.05, 3.63) is 52.1 Å². The van der Waals surface area contributed by atoms with Gasteiger partial charge in [0.1, 0.15) is 11.9 Å². The van der Waals surface area contributed by atoms with Crippen LogP contribution in [-0.4, -0.2) is 18.5 Å². The molecule has 0 aromatic heterocycles. The number of ether oxygens (including phenoxy) is 1. The van der Waals surface area contributed by atoms with Crippen LogP contribution in [0.5, 0.6) is 5.75 Å². The first-order chi connectivity index (χ1) is 11.8. The molecule has 26 heavy (non-hydrogen) atoms. The Morgan fingerprint density at radius 2 is 1.31 bits per heavy atom. The Balaban J connectivity index is 2.44. The van der Waals surface area contributed by atoms with Crippen LogP contribution in [0.1, 0.15) is 30.5 Å². The van der Waals surface area contributed by atoms with Crippen molar-refractivity contribution in [1.29, 1.82) is 0 Å². The summed E-state index contributed by atoms with van der Waals surface area (Å²) < 4.78 is 90.7. The Morgan fingerprint density at radius 1 is 0.808 bits per heavy atom. The second kappa shape index (κ2) is 5.54. The Kier molecular flexibility index (Phi) is 4.02. The first-order valence-corrected chi connectivity index (χ1v) is 8.09. The van der Waals surface area contributed by atoms with Crippen LogP contribution in [-0.2, 0) is 5.41 Å². The van der Waals surface area contributed by atoms with Crippen molar-refractivity contribution in [2.45, 2.75) is 51.6 Å². The summed E-state index contributed by atoms with van der Waals surface area (Å²) in [5, 5.41) is 0. The Hall–Kier alpha value is -1.92. The predicted octanol–water partition coefficient (Wildman–Crippen LogP) is 5.95. The first kappa shape index (κ1) is 18.9. The van der Waals surface area contributed by atoms with Crippen LogP contribution in [0.3, 0.4) is 0 Å². The van der Waals surface area contributed by atoms with Crippen molar-refractivity contribution < 1.29 is 31.1 Å². The highest BCUT2D eigenvalue weighted by atomic mass is 19.4. The Morgan fingerprint density at radius 3 is 1.85 bits per heavy atom. The summed E-state index contributed by atoms with van der Waals surface area (Å²) in [4.78, 5) is 0. The lowest BCUT2D eigenvalue weighted by atomic mass is 9.62. The predicted molar refractivity (Wildman–Crippen MR) is 85.1 cm³/mol. The maximum Gasteiger partial charge on any atom is 0.408 e. The molecule has 2 unspecified atom stereocenters. The highest BCUT2D eigenvalue weighted by Gasteiger charge is 2.77. The second-order valence-corrected chi connectivity index (χ2v) is 7.04. The van der Waals surface area contributed by atoms with Crippen LogP contribution in [0.2, 0.25) is 0 Å². The minimum Gasteiger partial charge on any atom is -0.485 e. The van der Waals surface area contributed by atoms with Gasteiger partial charge in [0.05, 0.1) is 0 Å². The van der Waals surface area contributed by atoms with E-state index in [2.05, 4.69) is 0 Å². The molecule has 142 valence electrons. The molecular formula is C19H18F6O. The number of alkyl halides is 6. The standard InChI is InChI=1S/C19H18F6O/c1-9-5-13-15(7-11(9)3)26-16-8-12(4)10(2)6-14(16)17(13,18(20,21)22)19(23,24)25/h5-8,13,15H,1-4H3. The third-order valence-corrected chi connectivity index (χ3v) is 5.50. The van der Waals surface area contributed by atoms with Gasteiger partial charge in [0.2, 0.25) is 0 Å². The molecule has 1 aromatic rings. The fourth-order valence-electron chi connectivity index (χ4n) is 3.82. The maximum atomic E-state index is 14.2. The van der Waals surface area contributed by atoms with Crippen LogP contribution in [0.25, 0.3) is 0 Å². The number of allylic oxidation sites excluding steroid dienone is 2. The van der Waals surface area contributed by atoms with Gasteiger partial charge in [-0.15, -0.1) is 0 Å². The lowest BCUT2D eigenvalue weighted by Crippen LogP contribution is -2.63. The molecule has 7 heteroatoms. The van der Waals surface area contributed by atoms with Crippen LogP contribution >= 0.6 is 0 Å². The molecule has 0 fully saturated rings. The average Bonchev–Trinajstić information content (AvgIpc) is 2.46. The number of hydrogen-bond donors (Lipinski definition) is 0. The zero-order valence-corrected chi connectivity index (χ0v) is 14.6. The van der Waals surface area contributed by atoms with Crippen molar-refractivity contribution in [3.8, 4) is 5.75 Å². The molecule has 1 aliphatic carbocycles. The van der Waals surface area contributed by atoms with Gasteiger partial charge in [0.15, 0.2) is 5.41 Å². The molecule has 0 N–H and O–H groups in total. The summed E-state index contributed by atoms with van der Waals surface area (Å²) in [5.74, 6) is -2.28. The number of hydrogen-bond acceptors (Lipinski definition) is 1. The van der Waals surface area contributed by atoms with Crippen molar-refractivity contribution in [2.24, 2.45) is 5.92 Å². The molecule has 1 nitrogen and oxygen atoms in total. The summed E-state index contributed by atoms with van der Waals surface area (Å²) >= 11 is 0. The average molecular weight is 376 g/mol. The van der Waals surface area contributed by atoms with E-state index in [1.54, 1.807) is 13.8 Å². The third-order valence-electron chi connectivity index (χ3n) is 5.50. The van der Waals surface area contributed by atoms with Gasteiger partial charge in [-0.25, -0.2) is 0 Å². The van der Waals surface area contributed by atoms with Gasteiger partial charge in [-0.2, -0.15) is 26.3 Å². The fraction of sp³-hybridized carbons (Fsp3) is 0.474. The van der Waals surface area contributed by atoms with Gasteiger partial charge in [-0.3, -0.25) is 0 Å². The number of fused-ring (bicyclic) bond motifs is 2. The summed E-state index contributed by atoms with van der Waals surface area (Å²) in [6.45, 7) is 6.27. The van der Waals surface area contributed by atoms with Gasteiger partial charge in [0.25, 0.3) is 0 Å².